The second kappa shape index (κ2) is 2.57. The molecule has 0 fully saturated rings. The van der Waals surface area contributed by atoms with E-state index in [9.17, 15) is 9.59 Å². The fraction of sp³-hybridized carbons (Fsp3) is 0.125. The molecule has 1 heterocycles. The fourth-order valence-corrected chi connectivity index (χ4v) is 1.19. The predicted molar refractivity (Wildman–Crippen MR) is 40.3 cm³/mol. The summed E-state index contributed by atoms with van der Waals surface area (Å²) >= 11 is 0. The van der Waals surface area contributed by atoms with Crippen LogP contribution in [0.15, 0.2) is 23.3 Å². The summed E-state index contributed by atoms with van der Waals surface area (Å²) in [4.78, 5) is 22.3. The predicted octanol–water partition coefficient (Wildman–Crippen LogP) is -0.515. The van der Waals surface area contributed by atoms with E-state index in [-0.39, 0.29) is 17.3 Å². The summed E-state index contributed by atoms with van der Waals surface area (Å²) in [5.74, 6) is -0.530. The largest absolute Gasteiger partial charge is 0.294 e. The first-order chi connectivity index (χ1) is 5.79. The average molecular weight is 162 g/mol. The average Bonchev–Trinajstić information content (AvgIpc) is 2.04. The van der Waals surface area contributed by atoms with Gasteiger partial charge in [0, 0.05) is 6.42 Å². The lowest BCUT2D eigenvalue weighted by Gasteiger charge is -2.19. The van der Waals surface area contributed by atoms with Crippen molar-refractivity contribution >= 4 is 11.7 Å². The van der Waals surface area contributed by atoms with Crippen LogP contribution in [0.5, 0.6) is 0 Å². The third kappa shape index (κ3) is 0.967. The number of hydrazine groups is 1. The van der Waals surface area contributed by atoms with Gasteiger partial charge in [0.05, 0.1) is 5.57 Å². The van der Waals surface area contributed by atoms with Crippen LogP contribution in [-0.4, -0.2) is 11.7 Å². The van der Waals surface area contributed by atoms with Crippen LogP contribution < -0.4 is 10.9 Å². The normalized spacial score (nSPS) is 22.3. The highest BCUT2D eigenvalue weighted by Gasteiger charge is 2.26. The Balaban J connectivity index is 2.47. The molecule has 0 saturated carbocycles. The van der Waals surface area contributed by atoms with Crippen LogP contribution in [0.3, 0.4) is 0 Å². The van der Waals surface area contributed by atoms with Gasteiger partial charge < -0.3 is 0 Å². The fourth-order valence-electron chi connectivity index (χ4n) is 1.19. The molecule has 2 radical (unpaired) electrons. The summed E-state index contributed by atoms with van der Waals surface area (Å²) in [6.45, 7) is 2.67. The maximum absolute atomic E-state index is 11.2. The van der Waals surface area contributed by atoms with Gasteiger partial charge in [-0.25, -0.2) is 5.43 Å². The lowest BCUT2D eigenvalue weighted by Crippen LogP contribution is -2.43. The van der Waals surface area contributed by atoms with Gasteiger partial charge in [0.25, 0.3) is 5.91 Å². The van der Waals surface area contributed by atoms with E-state index in [1.807, 2.05) is 0 Å². The van der Waals surface area contributed by atoms with Crippen molar-refractivity contribution in [3.8, 4) is 0 Å². The van der Waals surface area contributed by atoms with Gasteiger partial charge in [0.1, 0.15) is 6.54 Å². The summed E-state index contributed by atoms with van der Waals surface area (Å²) in [7, 11) is 0. The Morgan fingerprint density at radius 2 is 2.25 bits per heavy atom. The molecule has 4 nitrogen and oxygen atoms in total. The Kier molecular flexibility index (Phi) is 1.55. The van der Waals surface area contributed by atoms with E-state index >= 15 is 0 Å². The standard InChI is InChI=1S/C8H6N2O2/c11-6-3-1-2-5-4-9-10-8(12)7(5)6/h1-2,9H,3H2,(H,10,12). The Labute approximate surface area is 69.3 Å². The molecule has 0 saturated heterocycles. The highest BCUT2D eigenvalue weighted by Crippen LogP contribution is 2.19. The minimum atomic E-state index is -0.377. The van der Waals surface area contributed by atoms with Crippen LogP contribution in [-0.2, 0) is 9.59 Å². The number of Topliss-reactive ketones (excluding diaryl/α,β-unsaturated/α-hetero) is 1. The van der Waals surface area contributed by atoms with Crippen molar-refractivity contribution in [2.45, 2.75) is 6.42 Å². The second-order valence-electron chi connectivity index (χ2n) is 2.52. The van der Waals surface area contributed by atoms with E-state index in [2.05, 4.69) is 17.4 Å². The molecule has 1 aliphatic heterocycles. The molecule has 0 aromatic heterocycles. The van der Waals surface area contributed by atoms with E-state index in [0.717, 1.165) is 0 Å². The van der Waals surface area contributed by atoms with Crippen molar-refractivity contribution in [3.63, 3.8) is 0 Å². The van der Waals surface area contributed by atoms with Gasteiger partial charge in [-0.3, -0.25) is 15.0 Å². The molecule has 0 bridgehead atoms. The van der Waals surface area contributed by atoms with Gasteiger partial charge in [0.2, 0.25) is 0 Å². The molecule has 0 aromatic rings. The number of carbonyl (C=O) groups excluding carboxylic acids is 2. The van der Waals surface area contributed by atoms with Gasteiger partial charge in [-0.2, -0.15) is 0 Å². The van der Waals surface area contributed by atoms with Crippen LogP contribution in [0.4, 0.5) is 0 Å². The molecule has 4 heteroatoms. The molecule has 2 N–H and O–H groups in total. The summed E-state index contributed by atoms with van der Waals surface area (Å²) in [6, 6.07) is 0. The summed E-state index contributed by atoms with van der Waals surface area (Å²) in [5, 5.41) is 0. The molecular formula is C8H6N2O2. The smallest absolute Gasteiger partial charge is 0.269 e. The van der Waals surface area contributed by atoms with Gasteiger partial charge in [0.15, 0.2) is 5.78 Å². The van der Waals surface area contributed by atoms with Crippen molar-refractivity contribution in [2.75, 3.05) is 0 Å². The Morgan fingerprint density at radius 3 is 3.00 bits per heavy atom. The lowest BCUT2D eigenvalue weighted by atomic mass is 9.95. The summed E-state index contributed by atoms with van der Waals surface area (Å²) in [5.41, 5.74) is 5.48. The number of carbonyl (C=O) groups is 2. The zero-order valence-electron chi connectivity index (χ0n) is 6.18. The van der Waals surface area contributed by atoms with Gasteiger partial charge in [-0.05, 0) is 5.57 Å². The van der Waals surface area contributed by atoms with Gasteiger partial charge in [-0.15, -0.1) is 0 Å². The van der Waals surface area contributed by atoms with E-state index in [1.54, 1.807) is 12.2 Å². The van der Waals surface area contributed by atoms with Crippen molar-refractivity contribution in [2.24, 2.45) is 0 Å². The topological polar surface area (TPSA) is 58.2 Å². The third-order valence-corrected chi connectivity index (χ3v) is 1.74. The van der Waals surface area contributed by atoms with Crippen LogP contribution in [0.1, 0.15) is 6.42 Å². The molecule has 0 atom stereocenters. The number of hydrogen-bond acceptors (Lipinski definition) is 3. The highest BCUT2D eigenvalue weighted by molar-refractivity contribution is 6.21. The van der Waals surface area contributed by atoms with Crippen LogP contribution in [0.2, 0.25) is 0 Å². The number of allylic oxidation sites excluding steroid dienone is 1. The van der Waals surface area contributed by atoms with Crippen LogP contribution >= 0.6 is 0 Å². The Bertz CT molecular complexity index is 315. The first-order valence-corrected chi connectivity index (χ1v) is 3.54. The van der Waals surface area contributed by atoms with E-state index < -0.39 is 0 Å². The Morgan fingerprint density at radius 1 is 1.42 bits per heavy atom. The van der Waals surface area contributed by atoms with Crippen molar-refractivity contribution < 1.29 is 9.59 Å². The summed E-state index contributed by atoms with van der Waals surface area (Å²) < 4.78 is 0. The molecule has 2 rings (SSSR count). The highest BCUT2D eigenvalue weighted by atomic mass is 16.2. The number of nitrogens with one attached hydrogen (secondary N) is 2. The number of hydrogen-bond donors (Lipinski definition) is 2. The zero-order valence-corrected chi connectivity index (χ0v) is 6.18. The first kappa shape index (κ1) is 7.24. The maximum atomic E-state index is 11.2. The van der Waals surface area contributed by atoms with E-state index in [0.29, 0.717) is 12.0 Å². The van der Waals surface area contributed by atoms with E-state index in [4.69, 9.17) is 0 Å². The molecule has 60 valence electrons. The van der Waals surface area contributed by atoms with Gasteiger partial charge in [-0.1, -0.05) is 12.2 Å². The third-order valence-electron chi connectivity index (χ3n) is 1.74. The summed E-state index contributed by atoms with van der Waals surface area (Å²) in [6.07, 6.45) is 3.73. The quantitative estimate of drug-likeness (QED) is 0.471. The molecule has 1 amide bonds. The van der Waals surface area contributed by atoms with Crippen molar-refractivity contribution in [1.82, 2.24) is 10.9 Å². The monoisotopic (exact) mass is 162 g/mol. The molecule has 0 spiro atoms. The zero-order chi connectivity index (χ0) is 8.55. The molecular weight excluding hydrogens is 156 g/mol. The number of amides is 1. The molecule has 12 heavy (non-hydrogen) atoms. The second-order valence-corrected chi connectivity index (χ2v) is 2.52. The minimum Gasteiger partial charge on any atom is -0.294 e. The SMILES string of the molecule is O=C1CC=CC2=C1C(=O)NN[C]2. The number of rotatable bonds is 0. The number of ketones is 1. The molecule has 0 unspecified atom stereocenters. The van der Waals surface area contributed by atoms with Crippen LogP contribution in [0, 0.1) is 6.54 Å². The molecule has 1 aliphatic carbocycles. The molecule has 2 aliphatic rings. The van der Waals surface area contributed by atoms with Crippen molar-refractivity contribution in [3.05, 3.63) is 29.8 Å². The van der Waals surface area contributed by atoms with Crippen LogP contribution in [0.25, 0.3) is 0 Å². The first-order valence-electron chi connectivity index (χ1n) is 3.54. The van der Waals surface area contributed by atoms with Crippen molar-refractivity contribution in [1.29, 1.82) is 0 Å². The maximum Gasteiger partial charge on any atom is 0.269 e. The molecule has 0 aromatic carbocycles. The van der Waals surface area contributed by atoms with E-state index in [1.165, 1.54) is 0 Å². The minimum absolute atomic E-state index is 0.154. The lowest BCUT2D eigenvalue weighted by molar-refractivity contribution is -0.123. The Hall–Kier alpha value is -1.42. The van der Waals surface area contributed by atoms with Gasteiger partial charge >= 0.3 is 0 Å².